The van der Waals surface area contributed by atoms with Gasteiger partial charge < -0.3 is 15.0 Å². The summed E-state index contributed by atoms with van der Waals surface area (Å²) in [5, 5.41) is 3.21. The number of anilines is 1. The number of nitrogens with zero attached hydrogens (tertiary/aromatic N) is 1. The van der Waals surface area contributed by atoms with Gasteiger partial charge in [0, 0.05) is 12.6 Å². The van der Waals surface area contributed by atoms with Gasteiger partial charge in [-0.05, 0) is 44.0 Å². The molecule has 2 aliphatic rings. The first-order chi connectivity index (χ1) is 10.1. The molecule has 3 rings (SSSR count). The molecule has 0 saturated carbocycles. The maximum absolute atomic E-state index is 12.4. The molecule has 1 amide bonds. The number of nitrogens with one attached hydrogen (secondary N) is 1. The van der Waals surface area contributed by atoms with Gasteiger partial charge >= 0.3 is 0 Å². The van der Waals surface area contributed by atoms with E-state index in [0.29, 0.717) is 23.4 Å². The Morgan fingerprint density at radius 3 is 2.95 bits per heavy atom. The predicted octanol–water partition coefficient (Wildman–Crippen LogP) is 1.76. The summed E-state index contributed by atoms with van der Waals surface area (Å²) in [6.07, 6.45) is 2.11. The number of hydrogen-bond donors (Lipinski definition) is 1. The van der Waals surface area contributed by atoms with E-state index in [1.807, 2.05) is 6.92 Å². The van der Waals surface area contributed by atoms with Gasteiger partial charge in [-0.25, -0.2) is 0 Å². The van der Waals surface area contributed by atoms with Crippen molar-refractivity contribution < 1.29 is 14.3 Å². The molecule has 0 radical (unpaired) electrons. The molecule has 2 atom stereocenters. The average Bonchev–Trinajstić information content (AvgIpc) is 3.04. The summed E-state index contributed by atoms with van der Waals surface area (Å²) in [6.45, 7) is 2.81. The van der Waals surface area contributed by atoms with Gasteiger partial charge in [0.15, 0.2) is 11.9 Å². The molecule has 0 bridgehead atoms. The number of benzene rings is 1. The maximum Gasteiger partial charge on any atom is 0.267 e. The van der Waals surface area contributed by atoms with Crippen LogP contribution in [0.3, 0.4) is 0 Å². The van der Waals surface area contributed by atoms with Crippen LogP contribution < -0.4 is 15.0 Å². The fourth-order valence-corrected chi connectivity index (χ4v) is 2.94. The molecule has 21 heavy (non-hydrogen) atoms. The van der Waals surface area contributed by atoms with E-state index in [2.05, 4.69) is 5.32 Å². The van der Waals surface area contributed by atoms with Gasteiger partial charge in [0.05, 0.1) is 11.7 Å². The molecule has 5 heteroatoms. The largest absolute Gasteiger partial charge is 0.478 e. The first-order valence-electron chi connectivity index (χ1n) is 7.47. The molecule has 1 aromatic rings. The number of fused-ring (bicyclic) bond motifs is 1. The smallest absolute Gasteiger partial charge is 0.267 e. The van der Waals surface area contributed by atoms with E-state index < -0.39 is 6.10 Å². The van der Waals surface area contributed by atoms with Crippen molar-refractivity contribution in [3.8, 4) is 5.75 Å². The summed E-state index contributed by atoms with van der Waals surface area (Å²) in [5.74, 6) is 0.697. The van der Waals surface area contributed by atoms with Crippen molar-refractivity contribution in [3.05, 3.63) is 23.8 Å². The monoisotopic (exact) mass is 288 g/mol. The van der Waals surface area contributed by atoms with E-state index in [1.165, 1.54) is 0 Å². The Morgan fingerprint density at radius 1 is 1.48 bits per heavy atom. The number of carbonyl (C=O) groups excluding carboxylic acids is 2. The summed E-state index contributed by atoms with van der Waals surface area (Å²) in [5.41, 5.74) is 1.31. The molecule has 112 valence electrons. The summed E-state index contributed by atoms with van der Waals surface area (Å²) in [7, 11) is 1.73. The van der Waals surface area contributed by atoms with E-state index in [9.17, 15) is 9.59 Å². The molecule has 1 aromatic carbocycles. The summed E-state index contributed by atoms with van der Waals surface area (Å²) in [6, 6.07) is 5.25. The number of carbonyl (C=O) groups is 2. The van der Waals surface area contributed by atoms with Crippen molar-refractivity contribution in [2.45, 2.75) is 38.3 Å². The Hall–Kier alpha value is -1.88. The molecule has 0 spiro atoms. The van der Waals surface area contributed by atoms with Crippen molar-refractivity contribution in [2.24, 2.45) is 0 Å². The van der Waals surface area contributed by atoms with Gasteiger partial charge in [-0.3, -0.25) is 9.59 Å². The van der Waals surface area contributed by atoms with E-state index in [1.54, 1.807) is 30.1 Å². The zero-order chi connectivity index (χ0) is 15.0. The highest BCUT2D eigenvalue weighted by Crippen LogP contribution is 2.35. The van der Waals surface area contributed by atoms with Crippen molar-refractivity contribution in [2.75, 3.05) is 18.5 Å². The molecule has 1 fully saturated rings. The second-order valence-electron chi connectivity index (χ2n) is 5.61. The van der Waals surface area contributed by atoms with Gasteiger partial charge in [0.25, 0.3) is 5.91 Å². The summed E-state index contributed by atoms with van der Waals surface area (Å²) in [4.78, 5) is 26.2. The van der Waals surface area contributed by atoms with Crippen LogP contribution in [-0.4, -0.2) is 37.4 Å². The number of ketones is 1. The summed E-state index contributed by atoms with van der Waals surface area (Å²) >= 11 is 0. The lowest BCUT2D eigenvalue weighted by Gasteiger charge is -2.31. The van der Waals surface area contributed by atoms with Crippen LogP contribution in [0, 0.1) is 0 Å². The van der Waals surface area contributed by atoms with E-state index in [4.69, 9.17) is 4.74 Å². The number of amides is 1. The van der Waals surface area contributed by atoms with Gasteiger partial charge in [0.2, 0.25) is 0 Å². The minimum Gasteiger partial charge on any atom is -0.478 e. The molecule has 0 aliphatic carbocycles. The molecular formula is C16H20N2O3. The SMILES string of the molecule is CCC1Oc2ccc(C(=O)C3CCCN3)cc2N(C)C1=O. The predicted molar refractivity (Wildman–Crippen MR) is 79.9 cm³/mol. The zero-order valence-corrected chi connectivity index (χ0v) is 12.4. The fourth-order valence-electron chi connectivity index (χ4n) is 2.94. The van der Waals surface area contributed by atoms with E-state index in [0.717, 1.165) is 19.4 Å². The van der Waals surface area contributed by atoms with Crippen LogP contribution in [0.25, 0.3) is 0 Å². The van der Waals surface area contributed by atoms with Crippen molar-refractivity contribution in [1.29, 1.82) is 0 Å². The molecule has 2 unspecified atom stereocenters. The Balaban J connectivity index is 1.91. The van der Waals surface area contributed by atoms with Gasteiger partial charge in [-0.2, -0.15) is 0 Å². The van der Waals surface area contributed by atoms with Crippen LogP contribution in [-0.2, 0) is 4.79 Å². The van der Waals surface area contributed by atoms with Crippen molar-refractivity contribution in [3.63, 3.8) is 0 Å². The second kappa shape index (κ2) is 5.48. The topological polar surface area (TPSA) is 58.6 Å². The standard InChI is InChI=1S/C16H20N2O3/c1-3-13-16(20)18(2)12-9-10(6-7-14(12)21-13)15(19)11-5-4-8-17-11/h6-7,9,11,13,17H,3-5,8H2,1-2H3. The number of hydrogen-bond acceptors (Lipinski definition) is 4. The number of Topliss-reactive ketones (excluding diaryl/α,β-unsaturated/α-hetero) is 1. The molecule has 0 aromatic heterocycles. The highest BCUT2D eigenvalue weighted by atomic mass is 16.5. The quantitative estimate of drug-likeness (QED) is 0.861. The number of likely N-dealkylation sites (N-methyl/N-ethyl adjacent to an activating group) is 1. The average molecular weight is 288 g/mol. The Bertz CT molecular complexity index is 579. The Kier molecular flexibility index (Phi) is 3.68. The van der Waals surface area contributed by atoms with Crippen LogP contribution in [0.2, 0.25) is 0 Å². The normalized spacial score (nSPS) is 24.7. The van der Waals surface area contributed by atoms with Crippen LogP contribution in [0.15, 0.2) is 18.2 Å². The molecule has 2 heterocycles. The lowest BCUT2D eigenvalue weighted by molar-refractivity contribution is -0.126. The highest BCUT2D eigenvalue weighted by Gasteiger charge is 2.32. The lowest BCUT2D eigenvalue weighted by atomic mass is 10.0. The third kappa shape index (κ3) is 2.42. The van der Waals surface area contributed by atoms with Crippen LogP contribution >= 0.6 is 0 Å². The van der Waals surface area contributed by atoms with Crippen molar-refractivity contribution >= 4 is 17.4 Å². The lowest BCUT2D eigenvalue weighted by Crippen LogP contribution is -2.43. The fraction of sp³-hybridized carbons (Fsp3) is 0.500. The first-order valence-corrected chi connectivity index (χ1v) is 7.47. The zero-order valence-electron chi connectivity index (χ0n) is 12.4. The number of ether oxygens (including phenoxy) is 1. The molecule has 1 saturated heterocycles. The third-order valence-corrected chi connectivity index (χ3v) is 4.23. The van der Waals surface area contributed by atoms with E-state index in [-0.39, 0.29) is 17.7 Å². The van der Waals surface area contributed by atoms with Gasteiger partial charge in [-0.1, -0.05) is 6.92 Å². The van der Waals surface area contributed by atoms with Gasteiger partial charge in [0.1, 0.15) is 5.75 Å². The minimum absolute atomic E-state index is 0.0615. The highest BCUT2D eigenvalue weighted by molar-refractivity contribution is 6.04. The number of rotatable bonds is 3. The van der Waals surface area contributed by atoms with Crippen LogP contribution in [0.4, 0.5) is 5.69 Å². The Labute approximate surface area is 124 Å². The first kappa shape index (κ1) is 14.1. The molecular weight excluding hydrogens is 268 g/mol. The third-order valence-electron chi connectivity index (χ3n) is 4.23. The van der Waals surface area contributed by atoms with E-state index >= 15 is 0 Å². The summed E-state index contributed by atoms with van der Waals surface area (Å²) < 4.78 is 5.71. The molecule has 2 aliphatic heterocycles. The van der Waals surface area contributed by atoms with Crippen molar-refractivity contribution in [1.82, 2.24) is 5.32 Å². The Morgan fingerprint density at radius 2 is 2.29 bits per heavy atom. The molecule has 1 N–H and O–H groups in total. The van der Waals surface area contributed by atoms with Crippen LogP contribution in [0.1, 0.15) is 36.5 Å². The minimum atomic E-state index is -0.430. The van der Waals surface area contributed by atoms with Gasteiger partial charge in [-0.15, -0.1) is 0 Å². The second-order valence-corrected chi connectivity index (χ2v) is 5.61. The molecule has 5 nitrogen and oxygen atoms in total. The van der Waals surface area contributed by atoms with Crippen LogP contribution in [0.5, 0.6) is 5.75 Å². The maximum atomic E-state index is 12.4.